The number of ether oxygens (including phenoxy) is 1. The normalized spacial score (nSPS) is 17.2. The topological polar surface area (TPSA) is 82.6 Å². The lowest BCUT2D eigenvalue weighted by atomic mass is 9.94. The smallest absolute Gasteiger partial charge is 0.300 e. The van der Waals surface area contributed by atoms with Crippen molar-refractivity contribution in [1.82, 2.24) is 4.98 Å². The van der Waals surface area contributed by atoms with Crippen LogP contribution in [-0.4, -0.2) is 28.4 Å². The fourth-order valence-electron chi connectivity index (χ4n) is 4.86. The van der Waals surface area contributed by atoms with Crippen molar-refractivity contribution in [3.63, 3.8) is 0 Å². The number of nitrogens with zero attached hydrogens (tertiary/aromatic N) is 1. The lowest BCUT2D eigenvalue weighted by molar-refractivity contribution is -0.132. The van der Waals surface area contributed by atoms with E-state index in [2.05, 4.69) is 4.98 Å². The molecule has 0 bridgehead atoms. The van der Waals surface area contributed by atoms with Gasteiger partial charge in [-0.25, -0.2) is 0 Å². The van der Waals surface area contributed by atoms with E-state index in [1.54, 1.807) is 18.2 Å². The molecule has 0 spiro atoms. The molecule has 1 aliphatic heterocycles. The zero-order valence-corrected chi connectivity index (χ0v) is 20.5. The van der Waals surface area contributed by atoms with Crippen molar-refractivity contribution in [2.24, 2.45) is 0 Å². The highest BCUT2D eigenvalue weighted by Gasteiger charge is 2.48. The average molecular weight is 481 g/mol. The summed E-state index contributed by atoms with van der Waals surface area (Å²) in [5.74, 6) is -0.859. The van der Waals surface area contributed by atoms with Gasteiger partial charge in [-0.05, 0) is 61.7 Å². The summed E-state index contributed by atoms with van der Waals surface area (Å²) in [7, 11) is 0. The Morgan fingerprint density at radius 3 is 2.50 bits per heavy atom. The third kappa shape index (κ3) is 3.85. The van der Waals surface area contributed by atoms with Crippen LogP contribution < -0.4 is 9.64 Å². The first-order chi connectivity index (χ1) is 17.4. The van der Waals surface area contributed by atoms with Crippen LogP contribution in [0.3, 0.4) is 0 Å². The first-order valence-electron chi connectivity index (χ1n) is 12.1. The number of hydrogen-bond donors (Lipinski definition) is 2. The molecule has 1 aromatic heterocycles. The van der Waals surface area contributed by atoms with Crippen molar-refractivity contribution in [2.45, 2.75) is 33.2 Å². The fraction of sp³-hybridized carbons (Fsp3) is 0.200. The average Bonchev–Trinajstić information content (AvgIpc) is 3.42. The summed E-state index contributed by atoms with van der Waals surface area (Å²) >= 11 is 0. The number of aliphatic hydroxyl groups excluding tert-OH is 1. The number of ketones is 1. The number of rotatable bonds is 6. The minimum atomic E-state index is -0.793. The molecule has 5 rings (SSSR count). The van der Waals surface area contributed by atoms with E-state index in [0.717, 1.165) is 39.8 Å². The maximum Gasteiger partial charge on any atom is 0.300 e. The zero-order chi connectivity index (χ0) is 25.4. The molecule has 1 aliphatic rings. The number of carbonyl (C=O) groups is 2. The maximum atomic E-state index is 13.5. The molecule has 2 N–H and O–H groups in total. The molecule has 1 atom stereocenters. The van der Waals surface area contributed by atoms with Crippen LogP contribution in [0, 0.1) is 13.8 Å². The number of aromatic amines is 1. The van der Waals surface area contributed by atoms with Crippen molar-refractivity contribution in [3.8, 4) is 5.75 Å². The Kier molecular flexibility index (Phi) is 6.10. The minimum Gasteiger partial charge on any atom is -0.507 e. The number of aromatic nitrogens is 1. The van der Waals surface area contributed by atoms with Crippen LogP contribution in [0.25, 0.3) is 16.7 Å². The van der Waals surface area contributed by atoms with Crippen LogP contribution >= 0.6 is 0 Å². The van der Waals surface area contributed by atoms with Gasteiger partial charge >= 0.3 is 0 Å². The van der Waals surface area contributed by atoms with Crippen molar-refractivity contribution in [1.29, 1.82) is 0 Å². The molecule has 182 valence electrons. The minimum absolute atomic E-state index is 0.0645. The lowest BCUT2D eigenvalue weighted by Crippen LogP contribution is -2.30. The van der Waals surface area contributed by atoms with Crippen LogP contribution in [0.1, 0.15) is 41.6 Å². The SMILES string of the molecule is CCCOc1ccc(/C(O)=C2\C(=O)C(=O)N(c3ccccc3C)C2c2c[nH]c3ccccc23)cc1C. The van der Waals surface area contributed by atoms with E-state index >= 15 is 0 Å². The summed E-state index contributed by atoms with van der Waals surface area (Å²) in [6.45, 7) is 6.42. The van der Waals surface area contributed by atoms with Gasteiger partial charge in [-0.3, -0.25) is 14.5 Å². The second-order valence-corrected chi connectivity index (χ2v) is 9.07. The van der Waals surface area contributed by atoms with E-state index in [1.807, 2.05) is 75.5 Å². The zero-order valence-electron chi connectivity index (χ0n) is 20.5. The largest absolute Gasteiger partial charge is 0.507 e. The predicted molar refractivity (Wildman–Crippen MR) is 141 cm³/mol. The molecule has 6 heteroatoms. The van der Waals surface area contributed by atoms with Crippen molar-refractivity contribution < 1.29 is 19.4 Å². The van der Waals surface area contributed by atoms with Gasteiger partial charge in [-0.1, -0.05) is 43.3 Å². The highest BCUT2D eigenvalue weighted by Crippen LogP contribution is 2.45. The molecule has 1 amide bonds. The monoisotopic (exact) mass is 480 g/mol. The second kappa shape index (κ2) is 9.38. The Bertz CT molecular complexity index is 1510. The van der Waals surface area contributed by atoms with E-state index in [1.165, 1.54) is 4.90 Å². The number of para-hydroxylation sites is 2. The molecule has 3 aromatic carbocycles. The van der Waals surface area contributed by atoms with Crippen LogP contribution in [-0.2, 0) is 9.59 Å². The summed E-state index contributed by atoms with van der Waals surface area (Å²) in [4.78, 5) is 31.7. The Morgan fingerprint density at radius 1 is 1.00 bits per heavy atom. The second-order valence-electron chi connectivity index (χ2n) is 9.07. The van der Waals surface area contributed by atoms with Crippen molar-refractivity contribution in [2.75, 3.05) is 11.5 Å². The van der Waals surface area contributed by atoms with Crippen LogP contribution in [0.4, 0.5) is 5.69 Å². The fourth-order valence-corrected chi connectivity index (χ4v) is 4.86. The molecular formula is C30H28N2O4. The number of fused-ring (bicyclic) bond motifs is 1. The third-order valence-electron chi connectivity index (χ3n) is 6.65. The van der Waals surface area contributed by atoms with Crippen LogP contribution in [0.5, 0.6) is 5.75 Å². The first-order valence-corrected chi connectivity index (χ1v) is 12.1. The van der Waals surface area contributed by atoms with Crippen molar-refractivity contribution in [3.05, 3.63) is 101 Å². The van der Waals surface area contributed by atoms with Crippen LogP contribution in [0.15, 0.2) is 78.5 Å². The number of aliphatic hydroxyl groups is 1. The van der Waals surface area contributed by atoms with Gasteiger partial charge in [0.1, 0.15) is 11.5 Å². The number of aryl methyl sites for hydroxylation is 2. The molecule has 36 heavy (non-hydrogen) atoms. The molecule has 1 fully saturated rings. The van der Waals surface area contributed by atoms with Crippen LogP contribution in [0.2, 0.25) is 0 Å². The number of hydrogen-bond acceptors (Lipinski definition) is 4. The molecule has 1 saturated heterocycles. The summed E-state index contributed by atoms with van der Waals surface area (Å²) < 4.78 is 5.77. The maximum absolute atomic E-state index is 13.5. The highest BCUT2D eigenvalue weighted by molar-refractivity contribution is 6.52. The Morgan fingerprint density at radius 2 is 1.75 bits per heavy atom. The van der Waals surface area contributed by atoms with Crippen molar-refractivity contribution >= 4 is 34.0 Å². The number of nitrogens with one attached hydrogen (secondary N) is 1. The lowest BCUT2D eigenvalue weighted by Gasteiger charge is -2.26. The van der Waals surface area contributed by atoms with Gasteiger partial charge in [0.2, 0.25) is 0 Å². The first kappa shape index (κ1) is 23.4. The molecule has 2 heterocycles. The van der Waals surface area contributed by atoms with E-state index in [4.69, 9.17) is 4.74 Å². The standard InChI is InChI=1S/C30H28N2O4/c1-4-15-36-25-14-13-20(16-19(25)3)28(33)26-27(22-17-31-23-11-7-6-10-21(22)23)32(30(35)29(26)34)24-12-8-5-9-18(24)2/h5-14,16-17,27,31,33H,4,15H2,1-3H3/b28-26+. The van der Waals surface area contributed by atoms with E-state index in [-0.39, 0.29) is 11.3 Å². The number of Topliss-reactive ketones (excluding diaryl/α,β-unsaturated/α-hetero) is 1. The van der Waals surface area contributed by atoms with Gasteiger partial charge in [-0.2, -0.15) is 0 Å². The number of H-pyrrole nitrogens is 1. The Balaban J connectivity index is 1.72. The highest BCUT2D eigenvalue weighted by atomic mass is 16.5. The van der Waals surface area contributed by atoms with Gasteiger partial charge in [0, 0.05) is 33.9 Å². The molecule has 0 aliphatic carbocycles. The van der Waals surface area contributed by atoms with Gasteiger partial charge in [-0.15, -0.1) is 0 Å². The summed E-state index contributed by atoms with van der Waals surface area (Å²) in [6.07, 6.45) is 2.70. The van der Waals surface area contributed by atoms with Gasteiger partial charge in [0.15, 0.2) is 0 Å². The quantitative estimate of drug-likeness (QED) is 0.196. The number of benzene rings is 3. The Hall–Kier alpha value is -4.32. The number of amides is 1. The Labute approximate surface area is 209 Å². The molecule has 0 saturated carbocycles. The summed E-state index contributed by atoms with van der Waals surface area (Å²) in [6, 6.07) is 19.7. The van der Waals surface area contributed by atoms with Gasteiger partial charge in [0.05, 0.1) is 18.2 Å². The molecule has 1 unspecified atom stereocenters. The van der Waals surface area contributed by atoms with Gasteiger partial charge < -0.3 is 14.8 Å². The molecule has 4 aromatic rings. The molecule has 6 nitrogen and oxygen atoms in total. The number of carbonyl (C=O) groups excluding carboxylic acids is 2. The van der Waals surface area contributed by atoms with E-state index < -0.39 is 17.7 Å². The number of anilines is 1. The molecular weight excluding hydrogens is 452 g/mol. The predicted octanol–water partition coefficient (Wildman–Crippen LogP) is 6.20. The summed E-state index contributed by atoms with van der Waals surface area (Å²) in [5, 5.41) is 12.4. The van der Waals surface area contributed by atoms with E-state index in [9.17, 15) is 14.7 Å². The van der Waals surface area contributed by atoms with Gasteiger partial charge in [0.25, 0.3) is 11.7 Å². The molecule has 0 radical (unpaired) electrons. The summed E-state index contributed by atoms with van der Waals surface area (Å²) in [5.41, 5.74) is 4.49. The third-order valence-corrected chi connectivity index (χ3v) is 6.65. The van der Waals surface area contributed by atoms with E-state index in [0.29, 0.717) is 17.9 Å².